The van der Waals surface area contributed by atoms with Crippen LogP contribution in [0.25, 0.3) is 0 Å². The summed E-state index contributed by atoms with van der Waals surface area (Å²) >= 11 is 0. The van der Waals surface area contributed by atoms with E-state index >= 15 is 0 Å². The van der Waals surface area contributed by atoms with Gasteiger partial charge in [-0.15, -0.1) is 0 Å². The number of anilines is 1. The molecule has 0 saturated carbocycles. The van der Waals surface area contributed by atoms with Gasteiger partial charge in [-0.05, 0) is 37.1 Å². The van der Waals surface area contributed by atoms with Gasteiger partial charge in [0, 0.05) is 44.0 Å². The highest BCUT2D eigenvalue weighted by molar-refractivity contribution is 5.78. The number of carbonyl (C=O) groups is 1. The standard InChI is InChI=1S/C20H23N3O4/c1-15-4-3-5-16(2)20(15)27-14-19(24)22-12-10-21(11-13-22)17-6-8-18(9-7-17)23(25)26/h3-9H,10-14H2,1-2H3. The molecule has 1 amide bonds. The topological polar surface area (TPSA) is 75.9 Å². The van der Waals surface area contributed by atoms with Gasteiger partial charge in [-0.25, -0.2) is 0 Å². The number of carbonyl (C=O) groups excluding carboxylic acids is 1. The third kappa shape index (κ3) is 4.36. The van der Waals surface area contributed by atoms with Gasteiger partial charge in [0.15, 0.2) is 6.61 Å². The molecule has 2 aromatic rings. The molecule has 27 heavy (non-hydrogen) atoms. The van der Waals surface area contributed by atoms with E-state index in [1.54, 1.807) is 17.0 Å². The second-order valence-electron chi connectivity index (χ2n) is 6.65. The van der Waals surface area contributed by atoms with Crippen LogP contribution in [0, 0.1) is 24.0 Å². The Morgan fingerprint density at radius 3 is 2.19 bits per heavy atom. The van der Waals surface area contributed by atoms with Crippen LogP contribution in [0.3, 0.4) is 0 Å². The molecule has 1 saturated heterocycles. The molecule has 3 rings (SSSR count). The van der Waals surface area contributed by atoms with E-state index in [1.807, 2.05) is 32.0 Å². The summed E-state index contributed by atoms with van der Waals surface area (Å²) in [6, 6.07) is 12.4. The molecule has 0 spiro atoms. The van der Waals surface area contributed by atoms with Crippen molar-refractivity contribution in [1.29, 1.82) is 0 Å². The lowest BCUT2D eigenvalue weighted by molar-refractivity contribution is -0.384. The average Bonchev–Trinajstić information content (AvgIpc) is 2.67. The lowest BCUT2D eigenvalue weighted by Gasteiger charge is -2.36. The van der Waals surface area contributed by atoms with Crippen LogP contribution in [0.1, 0.15) is 11.1 Å². The van der Waals surface area contributed by atoms with Crippen LogP contribution in [-0.4, -0.2) is 48.5 Å². The fourth-order valence-electron chi connectivity index (χ4n) is 3.25. The highest BCUT2D eigenvalue weighted by Gasteiger charge is 2.22. The number of piperazine rings is 1. The normalized spacial score (nSPS) is 14.1. The Balaban J connectivity index is 1.52. The molecule has 1 aliphatic rings. The third-order valence-corrected chi connectivity index (χ3v) is 4.81. The van der Waals surface area contributed by atoms with Crippen LogP contribution in [-0.2, 0) is 4.79 Å². The van der Waals surface area contributed by atoms with Crippen LogP contribution in [0.15, 0.2) is 42.5 Å². The summed E-state index contributed by atoms with van der Waals surface area (Å²) in [5, 5.41) is 10.7. The Kier molecular flexibility index (Phi) is 5.59. The minimum absolute atomic E-state index is 0.0268. The number of nitro groups is 1. The summed E-state index contributed by atoms with van der Waals surface area (Å²) < 4.78 is 5.76. The summed E-state index contributed by atoms with van der Waals surface area (Å²) in [5.41, 5.74) is 3.05. The van der Waals surface area contributed by atoms with Crippen LogP contribution < -0.4 is 9.64 Å². The van der Waals surface area contributed by atoms with Crippen molar-refractivity contribution in [3.8, 4) is 5.75 Å². The van der Waals surface area contributed by atoms with E-state index in [0.29, 0.717) is 26.2 Å². The molecule has 0 atom stereocenters. The van der Waals surface area contributed by atoms with Gasteiger partial charge in [-0.1, -0.05) is 18.2 Å². The number of benzene rings is 2. The first-order valence-corrected chi connectivity index (χ1v) is 8.92. The zero-order valence-electron chi connectivity index (χ0n) is 15.6. The van der Waals surface area contributed by atoms with Crippen LogP contribution in [0.2, 0.25) is 0 Å². The lowest BCUT2D eigenvalue weighted by Crippen LogP contribution is -2.50. The molecule has 1 fully saturated rings. The Labute approximate surface area is 158 Å². The van der Waals surface area contributed by atoms with Crippen molar-refractivity contribution in [2.75, 3.05) is 37.7 Å². The first kappa shape index (κ1) is 18.7. The molecule has 0 N–H and O–H groups in total. The number of hydrogen-bond donors (Lipinski definition) is 0. The minimum Gasteiger partial charge on any atom is -0.483 e. The maximum atomic E-state index is 12.5. The minimum atomic E-state index is -0.406. The average molecular weight is 369 g/mol. The maximum absolute atomic E-state index is 12.5. The predicted molar refractivity (Wildman–Crippen MR) is 103 cm³/mol. The number of non-ortho nitro benzene ring substituents is 1. The van der Waals surface area contributed by atoms with E-state index in [4.69, 9.17) is 4.74 Å². The molecule has 2 aromatic carbocycles. The van der Waals surface area contributed by atoms with Gasteiger partial charge in [-0.3, -0.25) is 14.9 Å². The smallest absolute Gasteiger partial charge is 0.269 e. The van der Waals surface area contributed by atoms with Gasteiger partial charge in [0.2, 0.25) is 0 Å². The van der Waals surface area contributed by atoms with Gasteiger partial charge >= 0.3 is 0 Å². The Hall–Kier alpha value is -3.09. The number of aryl methyl sites for hydroxylation is 2. The molecule has 0 aromatic heterocycles. The fourth-order valence-corrected chi connectivity index (χ4v) is 3.25. The summed E-state index contributed by atoms with van der Waals surface area (Å²) in [5.74, 6) is 0.747. The van der Waals surface area contributed by atoms with Crippen molar-refractivity contribution in [3.63, 3.8) is 0 Å². The zero-order chi connectivity index (χ0) is 19.4. The number of para-hydroxylation sites is 1. The number of amides is 1. The fraction of sp³-hybridized carbons (Fsp3) is 0.350. The van der Waals surface area contributed by atoms with Gasteiger partial charge in [-0.2, -0.15) is 0 Å². The van der Waals surface area contributed by atoms with Crippen LogP contribution >= 0.6 is 0 Å². The molecular formula is C20H23N3O4. The summed E-state index contributed by atoms with van der Waals surface area (Å²) in [6.07, 6.45) is 0. The number of ether oxygens (including phenoxy) is 1. The molecular weight excluding hydrogens is 346 g/mol. The molecule has 0 bridgehead atoms. The zero-order valence-corrected chi connectivity index (χ0v) is 15.6. The van der Waals surface area contributed by atoms with Crippen molar-refractivity contribution >= 4 is 17.3 Å². The number of hydrogen-bond acceptors (Lipinski definition) is 5. The van der Waals surface area contributed by atoms with Gasteiger partial charge in [0.25, 0.3) is 11.6 Å². The molecule has 142 valence electrons. The van der Waals surface area contributed by atoms with E-state index in [1.165, 1.54) is 12.1 Å². The van der Waals surface area contributed by atoms with Crippen LogP contribution in [0.5, 0.6) is 5.75 Å². The van der Waals surface area contributed by atoms with E-state index in [9.17, 15) is 14.9 Å². The highest BCUT2D eigenvalue weighted by Crippen LogP contribution is 2.23. The highest BCUT2D eigenvalue weighted by atomic mass is 16.6. The van der Waals surface area contributed by atoms with E-state index in [-0.39, 0.29) is 18.2 Å². The van der Waals surface area contributed by atoms with Gasteiger partial charge < -0.3 is 14.5 Å². The van der Waals surface area contributed by atoms with Crippen molar-refractivity contribution in [2.45, 2.75) is 13.8 Å². The molecule has 7 nitrogen and oxygen atoms in total. The Morgan fingerprint density at radius 1 is 1.04 bits per heavy atom. The maximum Gasteiger partial charge on any atom is 0.269 e. The van der Waals surface area contributed by atoms with Crippen molar-refractivity contribution in [3.05, 3.63) is 63.7 Å². The quantitative estimate of drug-likeness (QED) is 0.598. The van der Waals surface area contributed by atoms with Crippen molar-refractivity contribution in [1.82, 2.24) is 4.90 Å². The summed E-state index contributed by atoms with van der Waals surface area (Å²) in [4.78, 5) is 26.7. The first-order valence-electron chi connectivity index (χ1n) is 8.92. The van der Waals surface area contributed by atoms with E-state index in [0.717, 1.165) is 22.6 Å². The summed E-state index contributed by atoms with van der Waals surface area (Å²) in [7, 11) is 0. The largest absolute Gasteiger partial charge is 0.483 e. The van der Waals surface area contributed by atoms with E-state index in [2.05, 4.69) is 4.90 Å². The molecule has 0 unspecified atom stereocenters. The van der Waals surface area contributed by atoms with Crippen molar-refractivity contribution < 1.29 is 14.5 Å². The monoisotopic (exact) mass is 369 g/mol. The molecule has 1 aliphatic heterocycles. The van der Waals surface area contributed by atoms with Gasteiger partial charge in [0.05, 0.1) is 4.92 Å². The number of nitrogens with zero attached hydrogens (tertiary/aromatic N) is 3. The second kappa shape index (κ2) is 8.07. The predicted octanol–water partition coefficient (Wildman–Crippen LogP) is 2.94. The molecule has 7 heteroatoms. The third-order valence-electron chi connectivity index (χ3n) is 4.81. The SMILES string of the molecule is Cc1cccc(C)c1OCC(=O)N1CCN(c2ccc([N+](=O)[O-])cc2)CC1. The number of rotatable bonds is 5. The molecule has 0 aliphatic carbocycles. The first-order chi connectivity index (χ1) is 13.0. The second-order valence-corrected chi connectivity index (χ2v) is 6.65. The van der Waals surface area contributed by atoms with Crippen molar-refractivity contribution in [2.24, 2.45) is 0 Å². The lowest BCUT2D eigenvalue weighted by atomic mass is 10.1. The summed E-state index contributed by atoms with van der Waals surface area (Å²) in [6.45, 7) is 6.55. The molecule has 0 radical (unpaired) electrons. The van der Waals surface area contributed by atoms with E-state index < -0.39 is 4.92 Å². The Morgan fingerprint density at radius 2 is 1.63 bits per heavy atom. The molecule has 1 heterocycles. The van der Waals surface area contributed by atoms with Gasteiger partial charge in [0.1, 0.15) is 5.75 Å². The number of nitro benzene ring substituents is 1. The van der Waals surface area contributed by atoms with Crippen LogP contribution in [0.4, 0.5) is 11.4 Å². The Bertz CT molecular complexity index is 807.